The van der Waals surface area contributed by atoms with Crippen LogP contribution in [0.5, 0.6) is 17.2 Å². The maximum absolute atomic E-state index is 12.3. The Morgan fingerprint density at radius 1 is 0.839 bits per heavy atom. The molecule has 0 spiro atoms. The van der Waals surface area contributed by atoms with Crippen LogP contribution in [-0.4, -0.2) is 25.0 Å². The minimum atomic E-state index is -0.842. The van der Waals surface area contributed by atoms with Crippen LogP contribution in [0.2, 0.25) is 0 Å². The van der Waals surface area contributed by atoms with Gasteiger partial charge in [0.1, 0.15) is 12.4 Å². The first-order valence-electron chi connectivity index (χ1n) is 9.73. The number of carbonyl (C=O) groups excluding carboxylic acids is 2. The third kappa shape index (κ3) is 6.24. The Balaban J connectivity index is 1.47. The monoisotopic (exact) mass is 420 g/mol. The lowest BCUT2D eigenvalue weighted by Gasteiger charge is -2.17. The van der Waals surface area contributed by atoms with E-state index in [0.717, 1.165) is 5.56 Å². The van der Waals surface area contributed by atoms with Crippen molar-refractivity contribution in [1.82, 2.24) is 10.9 Å². The SMILES string of the molecule is COc1ccccc1OC(C)C(=O)NNC(=O)c1ccc(OCc2ccccc2)cc1. The first kappa shape index (κ1) is 21.7. The van der Waals surface area contributed by atoms with Crippen LogP contribution < -0.4 is 25.1 Å². The molecule has 3 aromatic rings. The third-order valence-corrected chi connectivity index (χ3v) is 4.41. The van der Waals surface area contributed by atoms with Gasteiger partial charge < -0.3 is 14.2 Å². The molecule has 0 aliphatic rings. The maximum atomic E-state index is 12.3. The summed E-state index contributed by atoms with van der Waals surface area (Å²) in [5.41, 5.74) is 6.18. The molecule has 1 unspecified atom stereocenters. The summed E-state index contributed by atoms with van der Waals surface area (Å²) in [5.74, 6) is 0.642. The fraction of sp³-hybridized carbons (Fsp3) is 0.167. The first-order chi connectivity index (χ1) is 15.1. The summed E-state index contributed by atoms with van der Waals surface area (Å²) in [4.78, 5) is 24.5. The van der Waals surface area contributed by atoms with Crippen molar-refractivity contribution in [1.29, 1.82) is 0 Å². The Morgan fingerprint density at radius 3 is 2.16 bits per heavy atom. The van der Waals surface area contributed by atoms with Crippen molar-refractivity contribution in [2.45, 2.75) is 19.6 Å². The topological polar surface area (TPSA) is 85.9 Å². The standard InChI is InChI=1S/C24H24N2O5/c1-17(31-22-11-7-6-10-21(22)29-2)23(27)25-26-24(28)19-12-14-20(15-13-19)30-16-18-8-4-3-5-9-18/h3-15,17H,16H2,1-2H3,(H,25,27)(H,26,28). The highest BCUT2D eigenvalue weighted by Gasteiger charge is 2.17. The molecule has 2 N–H and O–H groups in total. The molecule has 160 valence electrons. The van der Waals surface area contributed by atoms with E-state index in [1.54, 1.807) is 55.5 Å². The number of amides is 2. The van der Waals surface area contributed by atoms with Crippen LogP contribution in [0.25, 0.3) is 0 Å². The molecular weight excluding hydrogens is 396 g/mol. The Hall–Kier alpha value is -4.00. The fourth-order valence-electron chi connectivity index (χ4n) is 2.70. The second kappa shape index (κ2) is 10.7. The minimum Gasteiger partial charge on any atom is -0.493 e. The van der Waals surface area contributed by atoms with E-state index in [1.165, 1.54) is 7.11 Å². The molecule has 0 bridgehead atoms. The van der Waals surface area contributed by atoms with Crippen molar-refractivity contribution in [3.05, 3.63) is 90.0 Å². The summed E-state index contributed by atoms with van der Waals surface area (Å²) in [6.07, 6.45) is -0.842. The van der Waals surface area contributed by atoms with Crippen LogP contribution >= 0.6 is 0 Å². The number of rotatable bonds is 8. The fourth-order valence-corrected chi connectivity index (χ4v) is 2.70. The summed E-state index contributed by atoms with van der Waals surface area (Å²) in [6, 6.07) is 23.4. The number of nitrogens with one attached hydrogen (secondary N) is 2. The van der Waals surface area contributed by atoms with Crippen LogP contribution in [0.1, 0.15) is 22.8 Å². The van der Waals surface area contributed by atoms with Crippen molar-refractivity contribution < 1.29 is 23.8 Å². The summed E-state index contributed by atoms with van der Waals surface area (Å²) in [7, 11) is 1.52. The normalized spacial score (nSPS) is 11.2. The van der Waals surface area contributed by atoms with Gasteiger partial charge in [-0.2, -0.15) is 0 Å². The first-order valence-corrected chi connectivity index (χ1v) is 9.73. The highest BCUT2D eigenvalue weighted by Crippen LogP contribution is 2.26. The number of hydrogen-bond donors (Lipinski definition) is 2. The van der Waals surface area contributed by atoms with Gasteiger partial charge in [-0.15, -0.1) is 0 Å². The van der Waals surface area contributed by atoms with E-state index in [2.05, 4.69) is 10.9 Å². The van der Waals surface area contributed by atoms with Gasteiger partial charge in [-0.05, 0) is 48.9 Å². The van der Waals surface area contributed by atoms with Gasteiger partial charge >= 0.3 is 0 Å². The average molecular weight is 420 g/mol. The molecule has 31 heavy (non-hydrogen) atoms. The number of ether oxygens (including phenoxy) is 3. The lowest BCUT2D eigenvalue weighted by molar-refractivity contribution is -0.128. The van der Waals surface area contributed by atoms with Gasteiger partial charge in [-0.1, -0.05) is 42.5 Å². The van der Waals surface area contributed by atoms with Crippen molar-refractivity contribution in [2.75, 3.05) is 7.11 Å². The van der Waals surface area contributed by atoms with Crippen molar-refractivity contribution in [3.8, 4) is 17.2 Å². The van der Waals surface area contributed by atoms with Gasteiger partial charge in [-0.25, -0.2) is 0 Å². The number of para-hydroxylation sites is 2. The quantitative estimate of drug-likeness (QED) is 0.545. The molecule has 0 fully saturated rings. The molecule has 7 heteroatoms. The zero-order valence-electron chi connectivity index (χ0n) is 17.3. The van der Waals surface area contributed by atoms with Crippen molar-refractivity contribution in [3.63, 3.8) is 0 Å². The van der Waals surface area contributed by atoms with Gasteiger partial charge in [0.15, 0.2) is 17.6 Å². The zero-order valence-corrected chi connectivity index (χ0v) is 17.3. The third-order valence-electron chi connectivity index (χ3n) is 4.41. The molecule has 1 atom stereocenters. The summed E-state index contributed by atoms with van der Waals surface area (Å²) >= 11 is 0. The minimum absolute atomic E-state index is 0.380. The van der Waals surface area contributed by atoms with Crippen LogP contribution in [0.15, 0.2) is 78.9 Å². The zero-order chi connectivity index (χ0) is 22.1. The van der Waals surface area contributed by atoms with E-state index >= 15 is 0 Å². The predicted octanol–water partition coefficient (Wildman–Crippen LogP) is 3.50. The summed E-state index contributed by atoms with van der Waals surface area (Å²) in [5, 5.41) is 0. The van der Waals surface area contributed by atoms with Gasteiger partial charge in [0.05, 0.1) is 7.11 Å². The Labute approximate surface area is 180 Å². The number of carbonyl (C=O) groups is 2. The van der Waals surface area contributed by atoms with Crippen molar-refractivity contribution in [2.24, 2.45) is 0 Å². The molecule has 0 aliphatic carbocycles. The molecule has 3 rings (SSSR count). The van der Waals surface area contributed by atoms with Gasteiger partial charge in [0.2, 0.25) is 0 Å². The van der Waals surface area contributed by atoms with Crippen LogP contribution in [-0.2, 0) is 11.4 Å². The van der Waals surface area contributed by atoms with Gasteiger partial charge in [0.25, 0.3) is 11.8 Å². The van der Waals surface area contributed by atoms with E-state index in [0.29, 0.717) is 29.4 Å². The van der Waals surface area contributed by atoms with Crippen LogP contribution in [0.3, 0.4) is 0 Å². The van der Waals surface area contributed by atoms with Crippen molar-refractivity contribution >= 4 is 11.8 Å². The highest BCUT2D eigenvalue weighted by atomic mass is 16.5. The molecule has 2 amide bonds. The van der Waals surface area contributed by atoms with E-state index in [1.807, 2.05) is 30.3 Å². The number of hydrazine groups is 1. The number of methoxy groups -OCH3 is 1. The Kier molecular flexibility index (Phi) is 7.48. The average Bonchev–Trinajstić information content (AvgIpc) is 2.82. The Bertz CT molecular complexity index is 1010. The van der Waals surface area contributed by atoms with Gasteiger partial charge in [0, 0.05) is 5.56 Å². The molecule has 3 aromatic carbocycles. The second-order valence-electron chi connectivity index (χ2n) is 6.65. The lowest BCUT2D eigenvalue weighted by atomic mass is 10.2. The molecule has 0 saturated heterocycles. The van der Waals surface area contributed by atoms with E-state index < -0.39 is 17.9 Å². The molecule has 0 aromatic heterocycles. The highest BCUT2D eigenvalue weighted by molar-refractivity contribution is 5.95. The largest absolute Gasteiger partial charge is 0.493 e. The lowest BCUT2D eigenvalue weighted by Crippen LogP contribution is -2.47. The van der Waals surface area contributed by atoms with Gasteiger partial charge in [-0.3, -0.25) is 20.4 Å². The molecule has 0 saturated carbocycles. The number of benzene rings is 3. The second-order valence-corrected chi connectivity index (χ2v) is 6.65. The molecule has 0 heterocycles. The smallest absolute Gasteiger partial charge is 0.279 e. The van der Waals surface area contributed by atoms with E-state index in [-0.39, 0.29) is 0 Å². The molecular formula is C24H24N2O5. The Morgan fingerprint density at radius 2 is 1.48 bits per heavy atom. The van der Waals surface area contributed by atoms with E-state index in [4.69, 9.17) is 14.2 Å². The predicted molar refractivity (Wildman–Crippen MR) is 116 cm³/mol. The summed E-state index contributed by atoms with van der Waals surface area (Å²) < 4.78 is 16.5. The molecule has 0 aliphatic heterocycles. The van der Waals surface area contributed by atoms with E-state index in [9.17, 15) is 9.59 Å². The molecule has 7 nitrogen and oxygen atoms in total. The van der Waals surface area contributed by atoms with Crippen LogP contribution in [0.4, 0.5) is 0 Å². The van der Waals surface area contributed by atoms with Crippen LogP contribution in [0, 0.1) is 0 Å². The maximum Gasteiger partial charge on any atom is 0.279 e. The number of hydrogen-bond acceptors (Lipinski definition) is 5. The molecule has 0 radical (unpaired) electrons. The summed E-state index contributed by atoms with van der Waals surface area (Å²) in [6.45, 7) is 2.01.